The van der Waals surface area contributed by atoms with Crippen molar-refractivity contribution in [3.8, 4) is 0 Å². The van der Waals surface area contributed by atoms with Crippen molar-refractivity contribution in [1.29, 1.82) is 0 Å². The van der Waals surface area contributed by atoms with Gasteiger partial charge in [-0.2, -0.15) is 0 Å². The second-order valence-electron chi connectivity index (χ2n) is 4.23. The van der Waals surface area contributed by atoms with Crippen molar-refractivity contribution in [2.45, 2.75) is 32.2 Å². The molecule has 0 fully saturated rings. The van der Waals surface area contributed by atoms with Crippen LogP contribution in [0, 0.1) is 0 Å². The molecule has 0 atom stereocenters. The monoisotopic (exact) mass is 318 g/mol. The van der Waals surface area contributed by atoms with Crippen LogP contribution in [0.15, 0.2) is 18.2 Å². The maximum atomic E-state index is 12.3. The van der Waals surface area contributed by atoms with E-state index in [0.29, 0.717) is 28.5 Å². The SMILES string of the molecule is CCC(CC)(NC(=O)c1cc(Cl)ccc1Cl)C(N)=S. The van der Waals surface area contributed by atoms with Crippen molar-refractivity contribution in [3.05, 3.63) is 33.8 Å². The molecule has 1 rings (SSSR count). The summed E-state index contributed by atoms with van der Waals surface area (Å²) in [5.41, 5.74) is 5.36. The Morgan fingerprint density at radius 1 is 1.37 bits per heavy atom. The van der Waals surface area contributed by atoms with Crippen LogP contribution in [0.2, 0.25) is 10.0 Å². The molecule has 0 aliphatic rings. The summed E-state index contributed by atoms with van der Waals surface area (Å²) in [6.45, 7) is 3.84. The van der Waals surface area contributed by atoms with Crippen LogP contribution in [0.5, 0.6) is 0 Å². The molecule has 3 nitrogen and oxygen atoms in total. The van der Waals surface area contributed by atoms with Gasteiger partial charge in [0.25, 0.3) is 5.91 Å². The molecule has 0 radical (unpaired) electrons. The highest BCUT2D eigenvalue weighted by Crippen LogP contribution is 2.23. The Morgan fingerprint density at radius 3 is 2.42 bits per heavy atom. The number of hydrogen-bond donors (Lipinski definition) is 2. The predicted octanol–water partition coefficient (Wildman–Crippen LogP) is 3.57. The highest BCUT2D eigenvalue weighted by atomic mass is 35.5. The molecule has 104 valence electrons. The zero-order valence-electron chi connectivity index (χ0n) is 10.8. The van der Waals surface area contributed by atoms with Crippen LogP contribution in [0.1, 0.15) is 37.0 Å². The van der Waals surface area contributed by atoms with Gasteiger partial charge in [-0.15, -0.1) is 0 Å². The first-order chi connectivity index (χ1) is 8.86. The number of halogens is 2. The standard InChI is InChI=1S/C13H16Cl2N2OS/c1-3-13(4-2,12(16)19)17-11(18)9-7-8(14)5-6-10(9)15/h5-7H,3-4H2,1-2H3,(H2,16,19)(H,17,18). The van der Waals surface area contributed by atoms with Gasteiger partial charge >= 0.3 is 0 Å². The summed E-state index contributed by atoms with van der Waals surface area (Å²) in [6.07, 6.45) is 1.23. The number of benzene rings is 1. The molecule has 0 bridgehead atoms. The molecule has 0 unspecified atom stereocenters. The van der Waals surface area contributed by atoms with Gasteiger partial charge in [-0.3, -0.25) is 4.79 Å². The molecule has 1 aromatic rings. The zero-order chi connectivity index (χ0) is 14.6. The Bertz CT molecular complexity index is 501. The fourth-order valence-electron chi connectivity index (χ4n) is 1.79. The van der Waals surface area contributed by atoms with Crippen molar-refractivity contribution in [2.24, 2.45) is 5.73 Å². The second kappa shape index (κ2) is 6.55. The Kier molecular flexibility index (Phi) is 5.59. The van der Waals surface area contributed by atoms with Crippen LogP contribution in [-0.4, -0.2) is 16.4 Å². The fourth-order valence-corrected chi connectivity index (χ4v) is 2.51. The lowest BCUT2D eigenvalue weighted by atomic mass is 9.92. The third-order valence-electron chi connectivity index (χ3n) is 3.20. The molecule has 0 spiro atoms. The number of rotatable bonds is 5. The number of amides is 1. The van der Waals surface area contributed by atoms with Gasteiger partial charge in [0.2, 0.25) is 0 Å². The molecule has 6 heteroatoms. The van der Waals surface area contributed by atoms with E-state index < -0.39 is 5.54 Å². The van der Waals surface area contributed by atoms with Gasteiger partial charge in [0.1, 0.15) is 0 Å². The molecular weight excluding hydrogens is 303 g/mol. The molecule has 0 saturated carbocycles. The van der Waals surface area contributed by atoms with E-state index in [1.807, 2.05) is 13.8 Å². The summed E-state index contributed by atoms with van der Waals surface area (Å²) in [7, 11) is 0. The zero-order valence-corrected chi connectivity index (χ0v) is 13.1. The summed E-state index contributed by atoms with van der Waals surface area (Å²) in [6, 6.07) is 4.73. The number of nitrogens with one attached hydrogen (secondary N) is 1. The molecule has 3 N–H and O–H groups in total. The first-order valence-corrected chi connectivity index (χ1v) is 7.10. The average molecular weight is 319 g/mol. The van der Waals surface area contributed by atoms with E-state index in [4.69, 9.17) is 41.2 Å². The summed E-state index contributed by atoms with van der Waals surface area (Å²) >= 11 is 16.9. The second-order valence-corrected chi connectivity index (χ2v) is 5.52. The minimum absolute atomic E-state index is 0.268. The lowest BCUT2D eigenvalue weighted by Crippen LogP contribution is -2.56. The lowest BCUT2D eigenvalue weighted by Gasteiger charge is -2.31. The van der Waals surface area contributed by atoms with E-state index in [2.05, 4.69) is 5.32 Å². The van der Waals surface area contributed by atoms with Gasteiger partial charge in [-0.05, 0) is 31.0 Å². The first kappa shape index (κ1) is 16.2. The Morgan fingerprint density at radius 2 is 1.95 bits per heavy atom. The van der Waals surface area contributed by atoms with E-state index in [1.54, 1.807) is 12.1 Å². The van der Waals surface area contributed by atoms with Gasteiger partial charge in [-0.1, -0.05) is 49.3 Å². The lowest BCUT2D eigenvalue weighted by molar-refractivity contribution is 0.0920. The largest absolute Gasteiger partial charge is 0.391 e. The minimum Gasteiger partial charge on any atom is -0.391 e. The number of hydrogen-bond acceptors (Lipinski definition) is 2. The van der Waals surface area contributed by atoms with E-state index in [9.17, 15) is 4.79 Å². The van der Waals surface area contributed by atoms with Crippen LogP contribution in [0.4, 0.5) is 0 Å². The highest BCUT2D eigenvalue weighted by Gasteiger charge is 2.32. The third-order valence-corrected chi connectivity index (χ3v) is 4.16. The topological polar surface area (TPSA) is 55.1 Å². The van der Waals surface area contributed by atoms with Gasteiger partial charge in [-0.25, -0.2) is 0 Å². The van der Waals surface area contributed by atoms with E-state index >= 15 is 0 Å². The molecular formula is C13H16Cl2N2OS. The quantitative estimate of drug-likeness (QED) is 0.816. The van der Waals surface area contributed by atoms with E-state index in [-0.39, 0.29) is 10.9 Å². The molecule has 19 heavy (non-hydrogen) atoms. The Balaban J connectivity index is 3.07. The molecule has 1 aromatic carbocycles. The molecule has 0 aromatic heterocycles. The van der Waals surface area contributed by atoms with Crippen LogP contribution < -0.4 is 11.1 Å². The van der Waals surface area contributed by atoms with E-state index in [1.165, 1.54) is 6.07 Å². The normalized spacial score (nSPS) is 11.2. The smallest absolute Gasteiger partial charge is 0.253 e. The van der Waals surface area contributed by atoms with Crippen molar-refractivity contribution in [2.75, 3.05) is 0 Å². The number of thiocarbonyl (C=S) groups is 1. The van der Waals surface area contributed by atoms with Crippen molar-refractivity contribution in [1.82, 2.24) is 5.32 Å². The maximum Gasteiger partial charge on any atom is 0.253 e. The van der Waals surface area contributed by atoms with Crippen LogP contribution in [0.25, 0.3) is 0 Å². The van der Waals surface area contributed by atoms with Crippen molar-refractivity contribution < 1.29 is 4.79 Å². The average Bonchev–Trinajstić information content (AvgIpc) is 2.38. The molecule has 1 amide bonds. The number of nitrogens with two attached hydrogens (primary N) is 1. The summed E-state index contributed by atoms with van der Waals surface area (Å²) in [4.78, 5) is 12.6. The number of carbonyl (C=O) groups is 1. The van der Waals surface area contributed by atoms with Crippen molar-refractivity contribution in [3.63, 3.8) is 0 Å². The Labute approximate surface area is 128 Å². The molecule has 0 heterocycles. The van der Waals surface area contributed by atoms with Gasteiger partial charge in [0.15, 0.2) is 0 Å². The fraction of sp³-hybridized carbons (Fsp3) is 0.385. The van der Waals surface area contributed by atoms with Crippen molar-refractivity contribution >= 4 is 46.3 Å². The van der Waals surface area contributed by atoms with Gasteiger partial charge < -0.3 is 11.1 Å². The highest BCUT2D eigenvalue weighted by molar-refractivity contribution is 7.80. The predicted molar refractivity (Wildman–Crippen MR) is 84.0 cm³/mol. The van der Waals surface area contributed by atoms with Crippen LogP contribution in [-0.2, 0) is 0 Å². The third kappa shape index (κ3) is 3.59. The number of carbonyl (C=O) groups excluding carboxylic acids is 1. The summed E-state index contributed by atoms with van der Waals surface area (Å²) < 4.78 is 0. The molecule has 0 saturated heterocycles. The molecule has 0 aliphatic carbocycles. The molecule has 0 aliphatic heterocycles. The van der Waals surface area contributed by atoms with Crippen LogP contribution >= 0.6 is 35.4 Å². The summed E-state index contributed by atoms with van der Waals surface area (Å²) in [5, 5.41) is 3.65. The maximum absolute atomic E-state index is 12.3. The Hall–Kier alpha value is -0.840. The van der Waals surface area contributed by atoms with E-state index in [0.717, 1.165) is 0 Å². The van der Waals surface area contributed by atoms with Gasteiger partial charge in [0.05, 0.1) is 21.1 Å². The summed E-state index contributed by atoms with van der Waals surface area (Å²) in [5.74, 6) is -0.330. The first-order valence-electron chi connectivity index (χ1n) is 5.93. The van der Waals surface area contributed by atoms with Crippen LogP contribution in [0.3, 0.4) is 0 Å². The van der Waals surface area contributed by atoms with Gasteiger partial charge in [0, 0.05) is 5.02 Å². The minimum atomic E-state index is -0.696.